The predicted octanol–water partition coefficient (Wildman–Crippen LogP) is 4.19. The Kier molecular flexibility index (Phi) is 5.02. The van der Waals surface area contributed by atoms with E-state index in [0.717, 1.165) is 24.3 Å². The SMILES string of the molecule is CNC(CCc1ccc(Cl)c(F)c1)C1CCCC1. The molecule has 0 aliphatic heterocycles. The first-order chi connectivity index (χ1) is 8.70. The van der Waals surface area contributed by atoms with Crippen molar-refractivity contribution >= 4 is 11.6 Å². The molecule has 3 heteroatoms. The zero-order chi connectivity index (χ0) is 13.0. The summed E-state index contributed by atoms with van der Waals surface area (Å²) < 4.78 is 13.3. The summed E-state index contributed by atoms with van der Waals surface area (Å²) in [6.45, 7) is 0. The van der Waals surface area contributed by atoms with Gasteiger partial charge in [0.2, 0.25) is 0 Å². The molecule has 0 saturated heterocycles. The molecule has 1 aliphatic carbocycles. The first kappa shape index (κ1) is 13.8. The van der Waals surface area contributed by atoms with E-state index in [4.69, 9.17) is 11.6 Å². The number of rotatable bonds is 5. The summed E-state index contributed by atoms with van der Waals surface area (Å²) in [6.07, 6.45) is 7.37. The third kappa shape index (κ3) is 3.46. The summed E-state index contributed by atoms with van der Waals surface area (Å²) in [6, 6.07) is 5.69. The van der Waals surface area contributed by atoms with E-state index in [0.29, 0.717) is 6.04 Å². The van der Waals surface area contributed by atoms with Gasteiger partial charge in [0.1, 0.15) is 5.82 Å². The Hall–Kier alpha value is -0.600. The largest absolute Gasteiger partial charge is 0.317 e. The van der Waals surface area contributed by atoms with Crippen molar-refractivity contribution in [3.8, 4) is 0 Å². The van der Waals surface area contributed by atoms with Crippen molar-refractivity contribution in [2.24, 2.45) is 5.92 Å². The minimum atomic E-state index is -0.309. The number of aryl methyl sites for hydroxylation is 1. The minimum absolute atomic E-state index is 0.208. The first-order valence-corrected chi connectivity index (χ1v) is 7.19. The summed E-state index contributed by atoms with van der Waals surface area (Å²) in [5, 5.41) is 3.63. The van der Waals surface area contributed by atoms with Crippen LogP contribution in [0, 0.1) is 11.7 Å². The molecular formula is C15H21ClFN. The zero-order valence-corrected chi connectivity index (χ0v) is 11.6. The average Bonchev–Trinajstić information content (AvgIpc) is 2.88. The summed E-state index contributed by atoms with van der Waals surface area (Å²) in [4.78, 5) is 0. The van der Waals surface area contributed by atoms with E-state index in [1.54, 1.807) is 12.1 Å². The van der Waals surface area contributed by atoms with Crippen LogP contribution in [0.2, 0.25) is 5.02 Å². The lowest BCUT2D eigenvalue weighted by atomic mass is 9.92. The molecule has 1 saturated carbocycles. The average molecular weight is 270 g/mol. The van der Waals surface area contributed by atoms with Gasteiger partial charge in [-0.05, 0) is 56.3 Å². The van der Waals surface area contributed by atoms with Crippen LogP contribution in [0.15, 0.2) is 18.2 Å². The highest BCUT2D eigenvalue weighted by Gasteiger charge is 2.23. The third-order valence-corrected chi connectivity index (χ3v) is 4.37. The zero-order valence-electron chi connectivity index (χ0n) is 10.9. The van der Waals surface area contributed by atoms with E-state index >= 15 is 0 Å². The van der Waals surface area contributed by atoms with E-state index in [-0.39, 0.29) is 10.8 Å². The molecule has 1 nitrogen and oxygen atoms in total. The molecule has 18 heavy (non-hydrogen) atoms. The Morgan fingerprint density at radius 1 is 1.39 bits per heavy atom. The fourth-order valence-electron chi connectivity index (χ4n) is 2.99. The van der Waals surface area contributed by atoms with Crippen molar-refractivity contribution in [2.75, 3.05) is 7.05 Å². The van der Waals surface area contributed by atoms with Crippen LogP contribution >= 0.6 is 11.6 Å². The predicted molar refractivity (Wildman–Crippen MR) is 74.5 cm³/mol. The van der Waals surface area contributed by atoms with Crippen molar-refractivity contribution in [2.45, 2.75) is 44.6 Å². The van der Waals surface area contributed by atoms with Crippen molar-refractivity contribution in [3.05, 3.63) is 34.6 Å². The second-order valence-electron chi connectivity index (χ2n) is 5.23. The maximum atomic E-state index is 13.3. The molecule has 0 spiro atoms. The van der Waals surface area contributed by atoms with Gasteiger partial charge in [-0.25, -0.2) is 4.39 Å². The molecule has 0 heterocycles. The second kappa shape index (κ2) is 6.53. The maximum absolute atomic E-state index is 13.3. The van der Waals surface area contributed by atoms with Crippen LogP contribution in [0.3, 0.4) is 0 Å². The highest BCUT2D eigenvalue weighted by atomic mass is 35.5. The molecule has 0 bridgehead atoms. The Balaban J connectivity index is 1.90. The topological polar surface area (TPSA) is 12.0 Å². The lowest BCUT2D eigenvalue weighted by Gasteiger charge is -2.22. The van der Waals surface area contributed by atoms with Crippen LogP contribution in [0.1, 0.15) is 37.7 Å². The van der Waals surface area contributed by atoms with Gasteiger partial charge >= 0.3 is 0 Å². The molecule has 1 N–H and O–H groups in total. The Labute approximate surface area is 114 Å². The van der Waals surface area contributed by atoms with E-state index in [9.17, 15) is 4.39 Å². The highest BCUT2D eigenvalue weighted by molar-refractivity contribution is 6.30. The van der Waals surface area contributed by atoms with Gasteiger partial charge in [-0.3, -0.25) is 0 Å². The lowest BCUT2D eigenvalue weighted by molar-refractivity contribution is 0.360. The normalized spacial score (nSPS) is 18.2. The highest BCUT2D eigenvalue weighted by Crippen LogP contribution is 2.29. The first-order valence-electron chi connectivity index (χ1n) is 6.82. The van der Waals surface area contributed by atoms with Crippen molar-refractivity contribution in [1.82, 2.24) is 5.32 Å². The van der Waals surface area contributed by atoms with E-state index in [1.807, 2.05) is 13.1 Å². The fourth-order valence-corrected chi connectivity index (χ4v) is 3.11. The molecule has 1 unspecified atom stereocenters. The van der Waals surface area contributed by atoms with Crippen LogP contribution in [-0.4, -0.2) is 13.1 Å². The smallest absolute Gasteiger partial charge is 0.142 e. The standard InChI is InChI=1S/C15H21ClFN/c1-18-15(12-4-2-3-5-12)9-7-11-6-8-13(16)14(17)10-11/h6,8,10,12,15,18H,2-5,7,9H2,1H3. The van der Waals surface area contributed by atoms with E-state index in [1.165, 1.54) is 25.7 Å². The molecule has 0 amide bonds. The Bertz CT molecular complexity index is 388. The quantitative estimate of drug-likeness (QED) is 0.845. The second-order valence-corrected chi connectivity index (χ2v) is 5.63. The monoisotopic (exact) mass is 269 g/mol. The van der Waals surface area contributed by atoms with Gasteiger partial charge in [0.25, 0.3) is 0 Å². The molecular weight excluding hydrogens is 249 g/mol. The molecule has 2 rings (SSSR count). The van der Waals surface area contributed by atoms with Gasteiger partial charge in [-0.2, -0.15) is 0 Å². The van der Waals surface area contributed by atoms with Crippen LogP contribution in [-0.2, 0) is 6.42 Å². The fraction of sp³-hybridized carbons (Fsp3) is 0.600. The lowest BCUT2D eigenvalue weighted by Crippen LogP contribution is -2.32. The van der Waals surface area contributed by atoms with E-state index in [2.05, 4.69) is 5.32 Å². The molecule has 100 valence electrons. The maximum Gasteiger partial charge on any atom is 0.142 e. The van der Waals surface area contributed by atoms with Gasteiger partial charge < -0.3 is 5.32 Å². The number of benzene rings is 1. The molecule has 0 radical (unpaired) electrons. The molecule has 1 aromatic carbocycles. The molecule has 0 aromatic heterocycles. The molecule has 1 aliphatic rings. The molecule has 1 atom stereocenters. The van der Waals surface area contributed by atoms with Gasteiger partial charge in [0, 0.05) is 6.04 Å². The molecule has 1 fully saturated rings. The Morgan fingerprint density at radius 2 is 2.11 bits per heavy atom. The van der Waals surface area contributed by atoms with Crippen molar-refractivity contribution < 1.29 is 4.39 Å². The summed E-state index contributed by atoms with van der Waals surface area (Å²) in [5.74, 6) is 0.489. The van der Waals surface area contributed by atoms with Crippen LogP contribution < -0.4 is 5.32 Å². The van der Waals surface area contributed by atoms with Crippen LogP contribution in [0.25, 0.3) is 0 Å². The summed E-state index contributed by atoms with van der Waals surface area (Å²) in [7, 11) is 2.03. The van der Waals surface area contributed by atoms with Crippen molar-refractivity contribution in [1.29, 1.82) is 0 Å². The number of nitrogens with one attached hydrogen (secondary N) is 1. The van der Waals surface area contributed by atoms with Gasteiger partial charge in [-0.15, -0.1) is 0 Å². The molecule has 1 aromatic rings. The van der Waals surface area contributed by atoms with Gasteiger partial charge in [0.15, 0.2) is 0 Å². The number of hydrogen-bond acceptors (Lipinski definition) is 1. The Morgan fingerprint density at radius 3 is 2.72 bits per heavy atom. The third-order valence-electron chi connectivity index (χ3n) is 4.07. The van der Waals surface area contributed by atoms with E-state index < -0.39 is 0 Å². The van der Waals surface area contributed by atoms with Crippen LogP contribution in [0.4, 0.5) is 4.39 Å². The summed E-state index contributed by atoms with van der Waals surface area (Å²) in [5.41, 5.74) is 1.04. The number of halogens is 2. The summed E-state index contributed by atoms with van der Waals surface area (Å²) >= 11 is 5.69. The van der Waals surface area contributed by atoms with Crippen molar-refractivity contribution in [3.63, 3.8) is 0 Å². The number of hydrogen-bond donors (Lipinski definition) is 1. The van der Waals surface area contributed by atoms with Gasteiger partial charge in [0.05, 0.1) is 5.02 Å². The van der Waals surface area contributed by atoms with Crippen LogP contribution in [0.5, 0.6) is 0 Å². The minimum Gasteiger partial charge on any atom is -0.317 e. The van der Waals surface area contributed by atoms with Gasteiger partial charge in [-0.1, -0.05) is 30.5 Å².